The zero-order chi connectivity index (χ0) is 14.0. The second-order valence-corrected chi connectivity index (χ2v) is 4.87. The van der Waals surface area contributed by atoms with Gasteiger partial charge in [-0.3, -0.25) is 9.59 Å². The Kier molecular flexibility index (Phi) is 3.83. The smallest absolute Gasteiger partial charge is 0.245 e. The maximum Gasteiger partial charge on any atom is 0.245 e. The van der Waals surface area contributed by atoms with Crippen LogP contribution < -0.4 is 5.32 Å². The Morgan fingerprint density at radius 2 is 2.16 bits per heavy atom. The summed E-state index contributed by atoms with van der Waals surface area (Å²) in [6, 6.07) is 4.01. The molecule has 0 aromatic heterocycles. The molecule has 1 atom stereocenters. The number of rotatable bonds is 2. The highest BCUT2D eigenvalue weighted by atomic mass is 19.1. The fourth-order valence-corrected chi connectivity index (χ4v) is 2.20. The van der Waals surface area contributed by atoms with E-state index in [1.807, 2.05) is 6.92 Å². The Morgan fingerprint density at radius 3 is 2.84 bits per heavy atom. The molecule has 1 aromatic rings. The maximum absolute atomic E-state index is 13.0. The molecule has 0 spiro atoms. The molecule has 1 N–H and O–H groups in total. The molecule has 0 bridgehead atoms. The van der Waals surface area contributed by atoms with E-state index in [0.717, 1.165) is 11.1 Å². The topological polar surface area (TPSA) is 49.4 Å². The third-order valence-corrected chi connectivity index (χ3v) is 3.33. The Morgan fingerprint density at radius 1 is 1.42 bits per heavy atom. The molecule has 2 amide bonds. The van der Waals surface area contributed by atoms with E-state index in [4.69, 9.17) is 0 Å². The number of amides is 2. The van der Waals surface area contributed by atoms with Gasteiger partial charge in [-0.05, 0) is 37.1 Å². The Hall–Kier alpha value is -1.91. The summed E-state index contributed by atoms with van der Waals surface area (Å²) in [4.78, 5) is 25.2. The number of halogens is 1. The minimum atomic E-state index is -0.504. The summed E-state index contributed by atoms with van der Waals surface area (Å²) in [6.45, 7) is 4.29. The van der Waals surface area contributed by atoms with Crippen molar-refractivity contribution in [2.24, 2.45) is 0 Å². The number of hydrogen-bond donors (Lipinski definition) is 1. The highest BCUT2D eigenvalue weighted by Gasteiger charge is 2.26. The van der Waals surface area contributed by atoms with Gasteiger partial charge in [-0.15, -0.1) is 0 Å². The lowest BCUT2D eigenvalue weighted by Gasteiger charge is -2.23. The van der Waals surface area contributed by atoms with Crippen molar-refractivity contribution in [2.75, 3.05) is 6.54 Å². The molecule has 1 heterocycles. The van der Waals surface area contributed by atoms with Crippen molar-refractivity contribution >= 4 is 11.8 Å². The summed E-state index contributed by atoms with van der Waals surface area (Å²) in [5.41, 5.74) is 1.71. The Labute approximate surface area is 111 Å². The van der Waals surface area contributed by atoms with Crippen molar-refractivity contribution in [1.82, 2.24) is 10.2 Å². The van der Waals surface area contributed by atoms with Crippen LogP contribution in [-0.4, -0.2) is 29.3 Å². The molecule has 2 rings (SSSR count). The summed E-state index contributed by atoms with van der Waals surface area (Å²) < 4.78 is 13.0. The van der Waals surface area contributed by atoms with Crippen molar-refractivity contribution in [3.63, 3.8) is 0 Å². The van der Waals surface area contributed by atoms with Gasteiger partial charge >= 0.3 is 0 Å². The fraction of sp³-hybridized carbons (Fsp3) is 0.429. The Bertz CT molecular complexity index is 516. The molecule has 1 aliphatic heterocycles. The van der Waals surface area contributed by atoms with Gasteiger partial charge in [0.2, 0.25) is 11.8 Å². The van der Waals surface area contributed by atoms with Gasteiger partial charge in [-0.25, -0.2) is 4.39 Å². The highest BCUT2D eigenvalue weighted by Crippen LogP contribution is 2.15. The normalized spacial score (nSPS) is 20.2. The van der Waals surface area contributed by atoms with Crippen LogP contribution in [0.25, 0.3) is 0 Å². The number of carbonyl (C=O) groups is 2. The number of nitrogens with one attached hydrogen (secondary N) is 1. The van der Waals surface area contributed by atoms with Crippen LogP contribution in [0.5, 0.6) is 0 Å². The van der Waals surface area contributed by atoms with Crippen LogP contribution in [0.1, 0.15) is 24.5 Å². The zero-order valence-electron chi connectivity index (χ0n) is 11.1. The van der Waals surface area contributed by atoms with E-state index >= 15 is 0 Å². The van der Waals surface area contributed by atoms with Crippen LogP contribution in [0.15, 0.2) is 18.2 Å². The second kappa shape index (κ2) is 5.38. The molecule has 1 saturated heterocycles. The standard InChI is InChI=1S/C14H17FN2O2/c1-9-7-12(15)4-3-11(9)8-17-6-5-13(18)16-10(2)14(17)19/h3-4,7,10H,5-6,8H2,1-2H3,(H,16,18). The molecule has 1 aliphatic rings. The summed E-state index contributed by atoms with van der Waals surface area (Å²) in [5.74, 6) is -0.498. The number of carbonyl (C=O) groups excluding carboxylic acids is 2. The van der Waals surface area contributed by atoms with E-state index in [1.54, 1.807) is 17.9 Å². The Balaban J connectivity index is 2.17. The molecule has 19 heavy (non-hydrogen) atoms. The molecule has 4 nitrogen and oxygen atoms in total. The van der Waals surface area contributed by atoms with Crippen LogP contribution in [0.3, 0.4) is 0 Å². The summed E-state index contributed by atoms with van der Waals surface area (Å²) in [7, 11) is 0. The SMILES string of the molecule is Cc1cc(F)ccc1CN1CCC(=O)NC(C)C1=O. The van der Waals surface area contributed by atoms with E-state index in [9.17, 15) is 14.0 Å². The molecule has 1 unspecified atom stereocenters. The molecular weight excluding hydrogens is 247 g/mol. The van der Waals surface area contributed by atoms with E-state index in [0.29, 0.717) is 19.5 Å². The third kappa shape index (κ3) is 3.10. The molecule has 5 heteroatoms. The van der Waals surface area contributed by atoms with Crippen molar-refractivity contribution < 1.29 is 14.0 Å². The first-order chi connectivity index (χ1) is 8.97. The van der Waals surface area contributed by atoms with Gasteiger partial charge in [-0.2, -0.15) is 0 Å². The quantitative estimate of drug-likeness (QED) is 0.877. The average Bonchev–Trinajstić information content (AvgIpc) is 2.46. The number of hydrogen-bond acceptors (Lipinski definition) is 2. The highest BCUT2D eigenvalue weighted by molar-refractivity contribution is 5.89. The first-order valence-corrected chi connectivity index (χ1v) is 6.30. The lowest BCUT2D eigenvalue weighted by Crippen LogP contribution is -2.42. The molecule has 102 valence electrons. The zero-order valence-corrected chi connectivity index (χ0v) is 11.1. The maximum atomic E-state index is 13.0. The first-order valence-electron chi connectivity index (χ1n) is 6.30. The van der Waals surface area contributed by atoms with E-state index in [2.05, 4.69) is 5.32 Å². The molecule has 0 saturated carbocycles. The number of aryl methyl sites for hydroxylation is 1. The van der Waals surface area contributed by atoms with E-state index in [1.165, 1.54) is 12.1 Å². The molecule has 0 aliphatic carbocycles. The predicted octanol–water partition coefficient (Wildman–Crippen LogP) is 1.37. The van der Waals surface area contributed by atoms with Crippen LogP contribution in [-0.2, 0) is 16.1 Å². The molecule has 0 radical (unpaired) electrons. The van der Waals surface area contributed by atoms with Gasteiger partial charge in [0.25, 0.3) is 0 Å². The van der Waals surface area contributed by atoms with Crippen molar-refractivity contribution in [2.45, 2.75) is 32.9 Å². The van der Waals surface area contributed by atoms with Gasteiger partial charge in [0.15, 0.2) is 0 Å². The van der Waals surface area contributed by atoms with Crippen molar-refractivity contribution in [1.29, 1.82) is 0 Å². The third-order valence-electron chi connectivity index (χ3n) is 3.33. The molecule has 1 aromatic carbocycles. The van der Waals surface area contributed by atoms with E-state index < -0.39 is 6.04 Å². The largest absolute Gasteiger partial charge is 0.345 e. The van der Waals surface area contributed by atoms with Crippen molar-refractivity contribution in [3.8, 4) is 0 Å². The van der Waals surface area contributed by atoms with Crippen LogP contribution in [0.4, 0.5) is 4.39 Å². The first kappa shape index (κ1) is 13.5. The fourth-order valence-electron chi connectivity index (χ4n) is 2.20. The van der Waals surface area contributed by atoms with Gasteiger partial charge < -0.3 is 10.2 Å². The van der Waals surface area contributed by atoms with Gasteiger partial charge in [0, 0.05) is 19.5 Å². The molecular formula is C14H17FN2O2. The minimum Gasteiger partial charge on any atom is -0.345 e. The summed E-state index contributed by atoms with van der Waals surface area (Å²) in [6.07, 6.45) is 0.302. The second-order valence-electron chi connectivity index (χ2n) is 4.87. The summed E-state index contributed by atoms with van der Waals surface area (Å²) >= 11 is 0. The van der Waals surface area contributed by atoms with Gasteiger partial charge in [0.05, 0.1) is 0 Å². The average molecular weight is 264 g/mol. The minimum absolute atomic E-state index is 0.102. The van der Waals surface area contributed by atoms with Gasteiger partial charge in [-0.1, -0.05) is 6.07 Å². The number of benzene rings is 1. The van der Waals surface area contributed by atoms with Crippen LogP contribution in [0, 0.1) is 12.7 Å². The lowest BCUT2D eigenvalue weighted by atomic mass is 10.1. The lowest BCUT2D eigenvalue weighted by molar-refractivity contribution is -0.133. The van der Waals surface area contributed by atoms with E-state index in [-0.39, 0.29) is 17.6 Å². The monoisotopic (exact) mass is 264 g/mol. The van der Waals surface area contributed by atoms with Crippen molar-refractivity contribution in [3.05, 3.63) is 35.1 Å². The van der Waals surface area contributed by atoms with Crippen LogP contribution >= 0.6 is 0 Å². The number of nitrogens with zero attached hydrogens (tertiary/aromatic N) is 1. The molecule has 1 fully saturated rings. The van der Waals surface area contributed by atoms with Gasteiger partial charge in [0.1, 0.15) is 11.9 Å². The van der Waals surface area contributed by atoms with Crippen LogP contribution in [0.2, 0.25) is 0 Å². The predicted molar refractivity (Wildman–Crippen MR) is 68.8 cm³/mol. The summed E-state index contributed by atoms with van der Waals surface area (Å²) in [5, 5.41) is 2.64.